The summed E-state index contributed by atoms with van der Waals surface area (Å²) in [6, 6.07) is 1.48. The van der Waals surface area contributed by atoms with Crippen LogP contribution < -0.4 is 5.32 Å². The van der Waals surface area contributed by atoms with Gasteiger partial charge < -0.3 is 5.32 Å². The van der Waals surface area contributed by atoms with Gasteiger partial charge in [0.15, 0.2) is 0 Å². The first-order valence-electron chi connectivity index (χ1n) is 7.36. The SMILES string of the molecule is CCC1(CC)CN(C2CC=CCC2)C(C)CN1. The quantitative estimate of drug-likeness (QED) is 0.758. The number of rotatable bonds is 3. The average Bonchev–Trinajstić information content (AvgIpc) is 2.41. The third kappa shape index (κ3) is 2.74. The maximum Gasteiger partial charge on any atom is 0.0304 e. The predicted octanol–water partition coefficient (Wildman–Crippen LogP) is 2.95. The van der Waals surface area contributed by atoms with E-state index < -0.39 is 0 Å². The topological polar surface area (TPSA) is 15.3 Å². The van der Waals surface area contributed by atoms with Gasteiger partial charge in [-0.3, -0.25) is 4.90 Å². The van der Waals surface area contributed by atoms with E-state index in [4.69, 9.17) is 0 Å². The second-order valence-electron chi connectivity index (χ2n) is 5.83. The summed E-state index contributed by atoms with van der Waals surface area (Å²) in [4.78, 5) is 2.77. The summed E-state index contributed by atoms with van der Waals surface area (Å²) in [5.41, 5.74) is 0.369. The lowest BCUT2D eigenvalue weighted by molar-refractivity contribution is 0.0407. The highest BCUT2D eigenvalue weighted by molar-refractivity contribution is 5.01. The van der Waals surface area contributed by atoms with E-state index in [1.807, 2.05) is 0 Å². The van der Waals surface area contributed by atoms with Crippen LogP contribution in [0.15, 0.2) is 12.2 Å². The Hall–Kier alpha value is -0.340. The summed E-state index contributed by atoms with van der Waals surface area (Å²) in [5, 5.41) is 3.79. The molecule has 0 spiro atoms. The molecule has 1 aliphatic heterocycles. The molecule has 1 N–H and O–H groups in total. The average molecular weight is 236 g/mol. The van der Waals surface area contributed by atoms with Crippen molar-refractivity contribution < 1.29 is 0 Å². The Morgan fingerprint density at radius 3 is 2.65 bits per heavy atom. The third-order valence-electron chi connectivity index (χ3n) is 4.89. The minimum Gasteiger partial charge on any atom is -0.308 e. The van der Waals surface area contributed by atoms with Crippen LogP contribution in [0.1, 0.15) is 52.9 Å². The van der Waals surface area contributed by atoms with Gasteiger partial charge in [-0.1, -0.05) is 26.0 Å². The van der Waals surface area contributed by atoms with Crippen LogP contribution in [0, 0.1) is 0 Å². The van der Waals surface area contributed by atoms with Gasteiger partial charge in [0, 0.05) is 30.7 Å². The van der Waals surface area contributed by atoms with Crippen molar-refractivity contribution in [3.05, 3.63) is 12.2 Å². The normalized spacial score (nSPS) is 33.8. The number of hydrogen-bond acceptors (Lipinski definition) is 2. The van der Waals surface area contributed by atoms with E-state index in [0.29, 0.717) is 11.6 Å². The highest BCUT2D eigenvalue weighted by Crippen LogP contribution is 2.28. The van der Waals surface area contributed by atoms with E-state index in [1.54, 1.807) is 0 Å². The van der Waals surface area contributed by atoms with Crippen LogP contribution in [0.5, 0.6) is 0 Å². The van der Waals surface area contributed by atoms with Crippen molar-refractivity contribution >= 4 is 0 Å². The zero-order valence-corrected chi connectivity index (χ0v) is 11.7. The van der Waals surface area contributed by atoms with Crippen LogP contribution >= 0.6 is 0 Å². The summed E-state index contributed by atoms with van der Waals surface area (Å²) in [6.45, 7) is 9.42. The van der Waals surface area contributed by atoms with Crippen molar-refractivity contribution in [1.29, 1.82) is 0 Å². The summed E-state index contributed by atoms with van der Waals surface area (Å²) in [5.74, 6) is 0. The van der Waals surface area contributed by atoms with E-state index in [0.717, 1.165) is 12.6 Å². The molecule has 0 bridgehead atoms. The molecule has 1 heterocycles. The van der Waals surface area contributed by atoms with Gasteiger partial charge in [0.05, 0.1) is 0 Å². The maximum atomic E-state index is 3.79. The Bertz CT molecular complexity index is 268. The van der Waals surface area contributed by atoms with Crippen molar-refractivity contribution in [2.24, 2.45) is 0 Å². The van der Waals surface area contributed by atoms with E-state index in [1.165, 1.54) is 38.6 Å². The van der Waals surface area contributed by atoms with Crippen molar-refractivity contribution in [2.75, 3.05) is 13.1 Å². The van der Waals surface area contributed by atoms with E-state index in [2.05, 4.69) is 43.1 Å². The molecule has 0 aromatic rings. The van der Waals surface area contributed by atoms with Gasteiger partial charge in [0.2, 0.25) is 0 Å². The molecule has 2 heteroatoms. The van der Waals surface area contributed by atoms with Crippen LogP contribution in [0.3, 0.4) is 0 Å². The Labute approximate surface area is 106 Å². The predicted molar refractivity (Wildman–Crippen MR) is 74.3 cm³/mol. The summed E-state index contributed by atoms with van der Waals surface area (Å²) < 4.78 is 0. The van der Waals surface area contributed by atoms with Gasteiger partial charge in [0.25, 0.3) is 0 Å². The summed E-state index contributed by atoms with van der Waals surface area (Å²) >= 11 is 0. The first-order valence-corrected chi connectivity index (χ1v) is 7.36. The second kappa shape index (κ2) is 5.53. The van der Waals surface area contributed by atoms with Crippen LogP contribution in [0.25, 0.3) is 0 Å². The Kier molecular flexibility index (Phi) is 4.26. The third-order valence-corrected chi connectivity index (χ3v) is 4.89. The molecule has 0 amide bonds. The van der Waals surface area contributed by atoms with Gasteiger partial charge in [-0.2, -0.15) is 0 Å². The molecule has 17 heavy (non-hydrogen) atoms. The fourth-order valence-electron chi connectivity index (χ4n) is 3.33. The van der Waals surface area contributed by atoms with Crippen molar-refractivity contribution in [3.8, 4) is 0 Å². The number of allylic oxidation sites excluding steroid dienone is 1. The standard InChI is InChI=1S/C15H28N2/c1-4-15(5-2)12-17(13(3)11-16-15)14-9-7-6-8-10-14/h6-7,13-14,16H,4-5,8-12H2,1-3H3. The zero-order chi connectivity index (χ0) is 12.3. The highest BCUT2D eigenvalue weighted by Gasteiger charge is 2.37. The Morgan fingerprint density at radius 2 is 2.06 bits per heavy atom. The molecule has 2 unspecified atom stereocenters. The minimum absolute atomic E-state index is 0.369. The first-order chi connectivity index (χ1) is 8.21. The van der Waals surface area contributed by atoms with Gasteiger partial charge in [-0.15, -0.1) is 0 Å². The largest absolute Gasteiger partial charge is 0.308 e. The number of piperazine rings is 1. The molecule has 2 aliphatic rings. The molecule has 2 rings (SSSR count). The lowest BCUT2D eigenvalue weighted by atomic mass is 9.86. The Morgan fingerprint density at radius 1 is 1.29 bits per heavy atom. The summed E-state index contributed by atoms with van der Waals surface area (Å²) in [6.07, 6.45) is 11.1. The minimum atomic E-state index is 0.369. The second-order valence-corrected chi connectivity index (χ2v) is 5.83. The van der Waals surface area contributed by atoms with Gasteiger partial charge in [-0.05, 0) is 39.0 Å². The Balaban J connectivity index is 2.06. The van der Waals surface area contributed by atoms with Crippen molar-refractivity contribution in [3.63, 3.8) is 0 Å². The fraction of sp³-hybridized carbons (Fsp3) is 0.867. The maximum absolute atomic E-state index is 3.79. The fourth-order valence-corrected chi connectivity index (χ4v) is 3.33. The number of nitrogens with zero attached hydrogens (tertiary/aromatic N) is 1. The lowest BCUT2D eigenvalue weighted by Crippen LogP contribution is -2.65. The van der Waals surface area contributed by atoms with Gasteiger partial charge in [0.1, 0.15) is 0 Å². The van der Waals surface area contributed by atoms with Gasteiger partial charge in [-0.25, -0.2) is 0 Å². The van der Waals surface area contributed by atoms with Crippen LogP contribution in [0.2, 0.25) is 0 Å². The van der Waals surface area contributed by atoms with E-state index >= 15 is 0 Å². The van der Waals surface area contributed by atoms with Crippen molar-refractivity contribution in [2.45, 2.75) is 70.5 Å². The van der Waals surface area contributed by atoms with Gasteiger partial charge >= 0.3 is 0 Å². The smallest absolute Gasteiger partial charge is 0.0304 e. The molecule has 1 saturated heterocycles. The van der Waals surface area contributed by atoms with E-state index in [-0.39, 0.29) is 0 Å². The van der Waals surface area contributed by atoms with Crippen LogP contribution in [-0.2, 0) is 0 Å². The molecule has 0 saturated carbocycles. The molecular formula is C15H28N2. The van der Waals surface area contributed by atoms with Crippen LogP contribution in [0.4, 0.5) is 0 Å². The highest BCUT2D eigenvalue weighted by atomic mass is 15.3. The monoisotopic (exact) mass is 236 g/mol. The molecule has 2 atom stereocenters. The van der Waals surface area contributed by atoms with E-state index in [9.17, 15) is 0 Å². The number of hydrogen-bond donors (Lipinski definition) is 1. The lowest BCUT2D eigenvalue weighted by Gasteiger charge is -2.50. The zero-order valence-electron chi connectivity index (χ0n) is 11.7. The molecule has 2 nitrogen and oxygen atoms in total. The van der Waals surface area contributed by atoms with Crippen molar-refractivity contribution in [1.82, 2.24) is 10.2 Å². The molecule has 98 valence electrons. The molecule has 0 aromatic heterocycles. The first kappa shape index (κ1) is 13.1. The molecule has 1 fully saturated rings. The number of nitrogens with one attached hydrogen (secondary N) is 1. The van der Waals surface area contributed by atoms with Crippen LogP contribution in [-0.4, -0.2) is 35.6 Å². The molecule has 0 aromatic carbocycles. The molecular weight excluding hydrogens is 208 g/mol. The molecule has 1 aliphatic carbocycles. The summed E-state index contributed by atoms with van der Waals surface area (Å²) in [7, 11) is 0. The molecule has 0 radical (unpaired) electrons.